The first-order valence-corrected chi connectivity index (χ1v) is 28.0. The number of aromatic hydroxyl groups is 2. The maximum absolute atomic E-state index is 11.8. The van der Waals surface area contributed by atoms with Crippen molar-refractivity contribution in [1.29, 1.82) is 0 Å². The van der Waals surface area contributed by atoms with Crippen molar-refractivity contribution in [1.82, 2.24) is 0 Å². The van der Waals surface area contributed by atoms with Crippen LogP contribution in [0.5, 0.6) is 11.5 Å². The van der Waals surface area contributed by atoms with Gasteiger partial charge in [0.25, 0.3) is 0 Å². The van der Waals surface area contributed by atoms with Gasteiger partial charge in [-0.15, -0.1) is 0 Å². The summed E-state index contributed by atoms with van der Waals surface area (Å²) in [6.07, 6.45) is 19.8. The predicted molar refractivity (Wildman–Crippen MR) is 254 cm³/mol. The van der Waals surface area contributed by atoms with Gasteiger partial charge in [-0.05, 0) is 66.5 Å². The highest BCUT2D eigenvalue weighted by molar-refractivity contribution is 6.89. The molecule has 2 atom stereocenters. The number of hydrogen-bond donors (Lipinski definition) is 2. The average Bonchev–Trinajstić information content (AvgIpc) is 3.14. The fraction of sp³-hybridized carbons (Fsp3) is 0.714. The Balaban J connectivity index is 1.93. The summed E-state index contributed by atoms with van der Waals surface area (Å²) >= 11 is 0. The van der Waals surface area contributed by atoms with Crippen LogP contribution in [0.1, 0.15) is 175 Å². The van der Waals surface area contributed by atoms with Gasteiger partial charge in [0.15, 0.2) is 0 Å². The number of unbranched alkanes of at least 4 members (excludes halogenated alkanes) is 4. The lowest BCUT2D eigenvalue weighted by molar-refractivity contribution is -0.928. The van der Waals surface area contributed by atoms with Crippen molar-refractivity contribution in [3.63, 3.8) is 0 Å². The fourth-order valence-electron chi connectivity index (χ4n) is 8.77. The number of phenols is 2. The van der Waals surface area contributed by atoms with Gasteiger partial charge in [-0.1, -0.05) is 168 Å². The van der Waals surface area contributed by atoms with Gasteiger partial charge in [-0.25, -0.2) is 0 Å². The van der Waals surface area contributed by atoms with Crippen LogP contribution in [-0.2, 0) is 10.8 Å². The largest absolute Gasteiger partial charge is 0.507 e. The average molecular weight is 805 g/mol. The van der Waals surface area contributed by atoms with Crippen molar-refractivity contribution < 1.29 is 14.7 Å². The molecule has 1 fully saturated rings. The van der Waals surface area contributed by atoms with E-state index in [-0.39, 0.29) is 22.9 Å². The van der Waals surface area contributed by atoms with Crippen LogP contribution in [0.3, 0.4) is 0 Å². The summed E-state index contributed by atoms with van der Waals surface area (Å²) in [5.74, 6) is 0.754. The van der Waals surface area contributed by atoms with Gasteiger partial charge in [-0.2, -0.15) is 0 Å². The molecule has 1 aliphatic carbocycles. The van der Waals surface area contributed by atoms with Gasteiger partial charge >= 0.3 is 0 Å². The fourth-order valence-corrected chi connectivity index (χ4v) is 13.1. The molecule has 0 aromatic heterocycles. The van der Waals surface area contributed by atoms with Gasteiger partial charge in [0, 0.05) is 23.6 Å². The highest BCUT2D eigenvalue weighted by atomic mass is 28.3. The van der Waals surface area contributed by atoms with E-state index in [1.807, 2.05) is 12.4 Å². The number of hydrogen-bond acceptors (Lipinski definition) is 4. The number of phenolic OH excluding ortho intramolecular Hbond substituents is 2. The molecule has 2 aromatic rings. The molecule has 0 amide bonds. The lowest BCUT2D eigenvalue weighted by atomic mass is 9.85. The molecular weight excluding hydrogens is 719 g/mol. The molecule has 0 bridgehead atoms. The predicted octanol–water partition coefficient (Wildman–Crippen LogP) is 11.1. The molecule has 0 spiro atoms. The number of nitrogens with zero attached hydrogens (tertiary/aromatic N) is 3. The van der Waals surface area contributed by atoms with Crippen molar-refractivity contribution in [2.24, 2.45) is 9.98 Å². The lowest BCUT2D eigenvalue weighted by Gasteiger charge is -2.40. The number of benzene rings is 2. The Kier molecular flexibility index (Phi) is 19.1. The third-order valence-corrected chi connectivity index (χ3v) is 18.0. The summed E-state index contributed by atoms with van der Waals surface area (Å²) in [5.41, 5.74) is 3.45. The van der Waals surface area contributed by atoms with E-state index < -0.39 is 17.6 Å². The standard InChI is InChI=1S/C49H85N3O2Si2/c1-13-17-26-52(27-18-14-2,28-19-15-3)29-23-31-56(11,12)41-33-39(47(54)43(35-41)49(8,9)10)37-51-45-25-22-21-24-44(45)50-36-38-32-40(55-30-20-16-4)34-42(46(38)53)48(5,6)7/h32-37,44-45H,13-31,55H2,1-12H3,(H-,50,51,53,54)/p+1. The van der Waals surface area contributed by atoms with E-state index in [0.29, 0.717) is 11.5 Å². The van der Waals surface area contributed by atoms with E-state index in [0.717, 1.165) is 47.9 Å². The van der Waals surface area contributed by atoms with Gasteiger partial charge in [0.1, 0.15) is 11.5 Å². The van der Waals surface area contributed by atoms with E-state index in [1.54, 1.807) is 0 Å². The Morgan fingerprint density at radius 2 is 1.11 bits per heavy atom. The second-order valence-electron chi connectivity index (χ2n) is 20.3. The van der Waals surface area contributed by atoms with Gasteiger partial charge in [0.2, 0.25) is 0 Å². The summed E-state index contributed by atoms with van der Waals surface area (Å²) in [4.78, 5) is 10.4. The zero-order valence-electron chi connectivity index (χ0n) is 38.5. The summed E-state index contributed by atoms with van der Waals surface area (Å²) in [7, 11) is -2.23. The zero-order chi connectivity index (χ0) is 41.6. The van der Waals surface area contributed by atoms with E-state index in [2.05, 4.69) is 107 Å². The van der Waals surface area contributed by atoms with Crippen molar-refractivity contribution >= 4 is 40.4 Å². The van der Waals surface area contributed by atoms with E-state index in [1.165, 1.54) is 111 Å². The zero-order valence-corrected chi connectivity index (χ0v) is 40.9. The first-order chi connectivity index (χ1) is 26.4. The molecule has 7 heteroatoms. The van der Waals surface area contributed by atoms with Gasteiger partial charge in [-0.3, -0.25) is 9.98 Å². The molecule has 3 rings (SSSR count). The molecule has 0 heterocycles. The monoisotopic (exact) mass is 805 g/mol. The third kappa shape index (κ3) is 14.3. The molecule has 316 valence electrons. The Bertz CT molecular complexity index is 1530. The van der Waals surface area contributed by atoms with Crippen LogP contribution in [-0.4, -0.2) is 83.0 Å². The van der Waals surface area contributed by atoms with Crippen LogP contribution in [0.4, 0.5) is 0 Å². The molecular formula is C49H86N3O2Si2+. The second-order valence-corrected chi connectivity index (χ2v) is 27.1. The Hall–Kier alpha value is -2.23. The Labute approximate surface area is 348 Å². The molecule has 0 radical (unpaired) electrons. The van der Waals surface area contributed by atoms with Crippen LogP contribution in [0, 0.1) is 0 Å². The number of aliphatic imine (C=N–C) groups is 2. The molecule has 2 unspecified atom stereocenters. The molecule has 2 aromatic carbocycles. The van der Waals surface area contributed by atoms with Crippen molar-refractivity contribution in [2.75, 3.05) is 26.2 Å². The smallest absolute Gasteiger partial charge is 0.128 e. The number of rotatable bonds is 22. The molecule has 0 saturated heterocycles. The Morgan fingerprint density at radius 3 is 1.57 bits per heavy atom. The van der Waals surface area contributed by atoms with Crippen molar-refractivity contribution in [3.8, 4) is 11.5 Å². The highest BCUT2D eigenvalue weighted by Crippen LogP contribution is 2.35. The maximum Gasteiger partial charge on any atom is 0.128 e. The van der Waals surface area contributed by atoms with Crippen molar-refractivity contribution in [3.05, 3.63) is 46.5 Å². The molecule has 2 N–H and O–H groups in total. The SMILES string of the molecule is CCCC[SiH2]c1cc(C=NC2CCCCC2N=Cc2cc([Si](C)(C)CCC[N+](CCCC)(CCCC)CCCC)cc(C(C)(C)C)c2O)c(O)c(C(C)(C)C)c1. The first-order valence-electron chi connectivity index (χ1n) is 23.1. The highest BCUT2D eigenvalue weighted by Gasteiger charge is 2.32. The van der Waals surface area contributed by atoms with Gasteiger partial charge in [0.05, 0.1) is 55.9 Å². The molecule has 0 aliphatic heterocycles. The first kappa shape index (κ1) is 48.1. The van der Waals surface area contributed by atoms with E-state index in [4.69, 9.17) is 9.98 Å². The van der Waals surface area contributed by atoms with Crippen LogP contribution in [0.15, 0.2) is 34.3 Å². The minimum Gasteiger partial charge on any atom is -0.507 e. The van der Waals surface area contributed by atoms with Crippen LogP contribution in [0.2, 0.25) is 25.2 Å². The third-order valence-electron chi connectivity index (χ3n) is 12.7. The molecule has 56 heavy (non-hydrogen) atoms. The molecule has 1 saturated carbocycles. The van der Waals surface area contributed by atoms with Crippen molar-refractivity contribution in [2.45, 2.75) is 201 Å². The summed E-state index contributed by atoms with van der Waals surface area (Å²) in [5, 5.41) is 26.1. The molecule has 1 aliphatic rings. The molecule has 5 nitrogen and oxygen atoms in total. The number of quaternary nitrogens is 1. The summed E-state index contributed by atoms with van der Waals surface area (Å²) < 4.78 is 1.30. The summed E-state index contributed by atoms with van der Waals surface area (Å²) in [6, 6.07) is 11.8. The van der Waals surface area contributed by atoms with Gasteiger partial charge < -0.3 is 14.7 Å². The topological polar surface area (TPSA) is 65.2 Å². The second kappa shape index (κ2) is 22.2. The van der Waals surface area contributed by atoms with E-state index in [9.17, 15) is 10.2 Å². The lowest BCUT2D eigenvalue weighted by Crippen LogP contribution is -2.51. The van der Waals surface area contributed by atoms with Crippen LogP contribution < -0.4 is 10.4 Å². The maximum atomic E-state index is 11.8. The minimum atomic E-state index is -1.84. The van der Waals surface area contributed by atoms with Crippen LogP contribution in [0.25, 0.3) is 0 Å². The Morgan fingerprint density at radius 1 is 0.661 bits per heavy atom. The van der Waals surface area contributed by atoms with Crippen LogP contribution >= 0.6 is 0 Å². The summed E-state index contributed by atoms with van der Waals surface area (Å²) in [6.45, 7) is 32.9. The van der Waals surface area contributed by atoms with E-state index >= 15 is 0 Å². The normalized spacial score (nSPS) is 17.6. The minimum absolute atomic E-state index is 0.0537. The quantitative estimate of drug-likeness (QED) is 0.0539.